The molecule has 0 aromatic rings. The molecule has 0 fully saturated rings. The smallest absolute Gasteiger partial charge is 0.326 e. The second-order valence-electron chi connectivity index (χ2n) is 7.72. The zero-order valence-corrected chi connectivity index (χ0v) is 18.1. The first kappa shape index (κ1) is 27.3. The van der Waals surface area contributed by atoms with Crippen molar-refractivity contribution in [3.63, 3.8) is 0 Å². The van der Waals surface area contributed by atoms with Crippen molar-refractivity contribution in [2.24, 2.45) is 17.6 Å². The Labute approximate surface area is 176 Å². The van der Waals surface area contributed by atoms with Gasteiger partial charge in [-0.3, -0.25) is 19.2 Å². The monoisotopic (exact) mass is 430 g/mol. The van der Waals surface area contributed by atoms with Crippen LogP contribution in [0.15, 0.2) is 0 Å². The van der Waals surface area contributed by atoms with Crippen molar-refractivity contribution in [3.8, 4) is 0 Å². The topological polar surface area (TPSA) is 188 Å². The van der Waals surface area contributed by atoms with Gasteiger partial charge in [0.2, 0.25) is 17.7 Å². The van der Waals surface area contributed by atoms with Crippen LogP contribution in [0.3, 0.4) is 0 Å². The third kappa shape index (κ3) is 9.21. The number of nitrogens with one attached hydrogen (secondary N) is 3. The van der Waals surface area contributed by atoms with Crippen molar-refractivity contribution in [3.05, 3.63) is 0 Å². The van der Waals surface area contributed by atoms with E-state index in [1.54, 1.807) is 27.7 Å². The summed E-state index contributed by atoms with van der Waals surface area (Å²) in [6.45, 7) is 8.20. The van der Waals surface area contributed by atoms with Crippen molar-refractivity contribution in [1.82, 2.24) is 16.0 Å². The molecule has 5 atom stereocenters. The van der Waals surface area contributed by atoms with Crippen LogP contribution in [-0.4, -0.2) is 64.0 Å². The van der Waals surface area contributed by atoms with Crippen LogP contribution < -0.4 is 21.7 Å². The number of carboxylic acids is 2. The Hall–Kier alpha value is -2.69. The van der Waals surface area contributed by atoms with E-state index in [1.807, 2.05) is 0 Å². The van der Waals surface area contributed by atoms with Gasteiger partial charge in [-0.2, -0.15) is 0 Å². The molecule has 0 aliphatic heterocycles. The lowest BCUT2D eigenvalue weighted by Crippen LogP contribution is -2.59. The molecule has 11 nitrogen and oxygen atoms in total. The molecular weight excluding hydrogens is 396 g/mol. The van der Waals surface area contributed by atoms with Crippen molar-refractivity contribution < 1.29 is 34.2 Å². The van der Waals surface area contributed by atoms with Crippen molar-refractivity contribution in [2.45, 2.75) is 78.0 Å². The maximum absolute atomic E-state index is 12.7. The van der Waals surface area contributed by atoms with E-state index < -0.39 is 53.8 Å². The van der Waals surface area contributed by atoms with Crippen molar-refractivity contribution in [2.75, 3.05) is 0 Å². The minimum atomic E-state index is -1.21. The number of aliphatic carboxylic acids is 2. The average molecular weight is 431 g/mol. The van der Waals surface area contributed by atoms with Crippen LogP contribution in [0.1, 0.15) is 53.9 Å². The summed E-state index contributed by atoms with van der Waals surface area (Å²) in [5, 5.41) is 25.5. The molecule has 30 heavy (non-hydrogen) atoms. The summed E-state index contributed by atoms with van der Waals surface area (Å²) in [7, 11) is 0. The minimum Gasteiger partial charge on any atom is -0.481 e. The summed E-state index contributed by atoms with van der Waals surface area (Å²) in [4.78, 5) is 59.7. The molecule has 5 unspecified atom stereocenters. The summed E-state index contributed by atoms with van der Waals surface area (Å²) in [5.74, 6) is -5.14. The standard InChI is InChI=1S/C19H34N4O7/c1-6-10(4)15(18(28)22-14(9(2)3)19(29)30)23-17(27)12(7-8-13(24)25)21-16(26)11(5)20/h9-12,14-15H,6-8,20H2,1-5H3,(H,21,26)(H,22,28)(H,23,27)(H,24,25)(H,29,30). The molecular formula is C19H34N4O7. The Kier molecular flexibility index (Phi) is 11.6. The highest BCUT2D eigenvalue weighted by Crippen LogP contribution is 2.11. The molecule has 0 bridgehead atoms. The number of nitrogens with two attached hydrogens (primary N) is 1. The van der Waals surface area contributed by atoms with Gasteiger partial charge in [0.25, 0.3) is 0 Å². The Morgan fingerprint density at radius 3 is 1.77 bits per heavy atom. The highest BCUT2D eigenvalue weighted by atomic mass is 16.4. The van der Waals surface area contributed by atoms with Crippen LogP contribution >= 0.6 is 0 Å². The maximum atomic E-state index is 12.7. The van der Waals surface area contributed by atoms with Crippen LogP contribution in [-0.2, 0) is 24.0 Å². The predicted molar refractivity (Wildman–Crippen MR) is 108 cm³/mol. The molecule has 11 heteroatoms. The van der Waals surface area contributed by atoms with Gasteiger partial charge < -0.3 is 31.9 Å². The Bertz CT molecular complexity index is 636. The van der Waals surface area contributed by atoms with Crippen molar-refractivity contribution in [1.29, 1.82) is 0 Å². The van der Waals surface area contributed by atoms with Crippen LogP contribution in [0.2, 0.25) is 0 Å². The predicted octanol–water partition coefficient (Wildman–Crippen LogP) is -0.560. The summed E-state index contributed by atoms with van der Waals surface area (Å²) in [6.07, 6.45) is -0.0755. The molecule has 3 amide bonds. The third-order valence-electron chi connectivity index (χ3n) is 4.72. The Morgan fingerprint density at radius 2 is 1.37 bits per heavy atom. The van der Waals surface area contributed by atoms with Crippen LogP contribution in [0, 0.1) is 11.8 Å². The number of hydrogen-bond donors (Lipinski definition) is 6. The van der Waals surface area contributed by atoms with Crippen LogP contribution in [0.4, 0.5) is 0 Å². The van der Waals surface area contributed by atoms with Gasteiger partial charge in [-0.1, -0.05) is 34.1 Å². The van der Waals surface area contributed by atoms with Crippen LogP contribution in [0.5, 0.6) is 0 Å². The Balaban J connectivity index is 5.52. The second-order valence-corrected chi connectivity index (χ2v) is 7.72. The van der Waals surface area contributed by atoms with E-state index in [2.05, 4.69) is 16.0 Å². The number of carboxylic acid groups (broad SMARTS) is 2. The number of carbonyl (C=O) groups is 5. The van der Waals surface area contributed by atoms with E-state index in [0.717, 1.165) is 0 Å². The second kappa shape index (κ2) is 12.8. The quantitative estimate of drug-likeness (QED) is 0.224. The number of amides is 3. The fourth-order valence-corrected chi connectivity index (χ4v) is 2.55. The number of hydrogen-bond acceptors (Lipinski definition) is 6. The summed E-state index contributed by atoms with van der Waals surface area (Å²) >= 11 is 0. The lowest BCUT2D eigenvalue weighted by Gasteiger charge is -2.28. The molecule has 0 aromatic carbocycles. The first-order valence-corrected chi connectivity index (χ1v) is 9.93. The van der Waals surface area contributed by atoms with Gasteiger partial charge in [-0.15, -0.1) is 0 Å². The zero-order chi connectivity index (χ0) is 23.6. The SMILES string of the molecule is CCC(C)C(NC(=O)C(CCC(=O)O)NC(=O)C(C)N)C(=O)NC(C(=O)O)C(C)C. The van der Waals surface area contributed by atoms with Crippen LogP contribution in [0.25, 0.3) is 0 Å². The van der Waals surface area contributed by atoms with Gasteiger partial charge in [-0.25, -0.2) is 4.79 Å². The molecule has 0 radical (unpaired) electrons. The molecule has 0 heterocycles. The van der Waals surface area contributed by atoms with Gasteiger partial charge in [0.15, 0.2) is 0 Å². The van der Waals surface area contributed by atoms with E-state index in [9.17, 15) is 29.1 Å². The number of rotatable bonds is 13. The molecule has 7 N–H and O–H groups in total. The average Bonchev–Trinajstić information content (AvgIpc) is 2.65. The van der Waals surface area contributed by atoms with Gasteiger partial charge in [0.1, 0.15) is 18.1 Å². The van der Waals surface area contributed by atoms with Gasteiger partial charge in [-0.05, 0) is 25.2 Å². The van der Waals surface area contributed by atoms with E-state index in [-0.39, 0.29) is 24.7 Å². The molecule has 0 rings (SSSR count). The molecule has 0 saturated heterocycles. The maximum Gasteiger partial charge on any atom is 0.326 e. The molecule has 0 aromatic heterocycles. The van der Waals surface area contributed by atoms with E-state index in [0.29, 0.717) is 6.42 Å². The van der Waals surface area contributed by atoms with Gasteiger partial charge in [0, 0.05) is 6.42 Å². The number of carbonyl (C=O) groups excluding carboxylic acids is 3. The third-order valence-corrected chi connectivity index (χ3v) is 4.72. The van der Waals surface area contributed by atoms with E-state index >= 15 is 0 Å². The largest absolute Gasteiger partial charge is 0.481 e. The van der Waals surface area contributed by atoms with Gasteiger partial charge in [0.05, 0.1) is 6.04 Å². The first-order chi connectivity index (χ1) is 13.8. The molecule has 0 spiro atoms. The normalized spacial score (nSPS) is 16.0. The molecule has 0 aliphatic carbocycles. The lowest BCUT2D eigenvalue weighted by molar-refractivity contribution is -0.144. The minimum absolute atomic E-state index is 0.196. The van der Waals surface area contributed by atoms with Gasteiger partial charge >= 0.3 is 11.9 Å². The Morgan fingerprint density at radius 1 is 0.833 bits per heavy atom. The highest BCUT2D eigenvalue weighted by Gasteiger charge is 2.33. The molecule has 0 aliphatic rings. The lowest BCUT2D eigenvalue weighted by atomic mass is 9.96. The zero-order valence-electron chi connectivity index (χ0n) is 18.1. The fraction of sp³-hybridized carbons (Fsp3) is 0.737. The summed E-state index contributed by atoms with van der Waals surface area (Å²) in [5.41, 5.74) is 5.49. The van der Waals surface area contributed by atoms with E-state index in [4.69, 9.17) is 10.8 Å². The summed E-state index contributed by atoms with van der Waals surface area (Å²) in [6, 6.07) is -4.33. The first-order valence-electron chi connectivity index (χ1n) is 9.93. The summed E-state index contributed by atoms with van der Waals surface area (Å²) < 4.78 is 0. The van der Waals surface area contributed by atoms with Crippen molar-refractivity contribution >= 4 is 29.7 Å². The molecule has 0 saturated carbocycles. The van der Waals surface area contributed by atoms with E-state index in [1.165, 1.54) is 6.92 Å². The fourth-order valence-electron chi connectivity index (χ4n) is 2.55. The molecule has 172 valence electrons. The highest BCUT2D eigenvalue weighted by molar-refractivity contribution is 5.94.